The summed E-state index contributed by atoms with van der Waals surface area (Å²) in [5.41, 5.74) is 15.4. The van der Waals surface area contributed by atoms with Gasteiger partial charge in [0.1, 0.15) is 0 Å². The molecule has 0 aromatic heterocycles. The molecule has 1 heteroatoms. The van der Waals surface area contributed by atoms with E-state index in [4.69, 9.17) is 0 Å². The highest BCUT2D eigenvalue weighted by atomic mass is 15.1. The van der Waals surface area contributed by atoms with E-state index < -0.39 is 0 Å². The van der Waals surface area contributed by atoms with Gasteiger partial charge in [-0.15, -0.1) is 0 Å². The SMILES string of the molecule is c1ccc(-c2ccc(-c3cc(-c4ccc(N(c5ccccc5)c5ccc(-c6cccc7ccccc67)cc5)cc4)ccc3-c3ccccc3)cc2)cc1. The molecule has 0 aliphatic rings. The number of hydrogen-bond donors (Lipinski definition) is 0. The van der Waals surface area contributed by atoms with Gasteiger partial charge in [0.25, 0.3) is 0 Å². The Morgan fingerprint density at radius 2 is 0.642 bits per heavy atom. The maximum Gasteiger partial charge on any atom is 0.0462 e. The third kappa shape index (κ3) is 6.53. The summed E-state index contributed by atoms with van der Waals surface area (Å²) >= 11 is 0. The molecule has 0 unspecified atom stereocenters. The lowest BCUT2D eigenvalue weighted by Crippen LogP contribution is -2.09. The van der Waals surface area contributed by atoms with Crippen molar-refractivity contribution in [1.82, 2.24) is 0 Å². The summed E-state index contributed by atoms with van der Waals surface area (Å²) in [4.78, 5) is 2.33. The Morgan fingerprint density at radius 3 is 1.32 bits per heavy atom. The Hall–Kier alpha value is -6.96. The monoisotopic (exact) mass is 675 g/mol. The third-order valence-electron chi connectivity index (χ3n) is 10.1. The van der Waals surface area contributed by atoms with Gasteiger partial charge >= 0.3 is 0 Å². The van der Waals surface area contributed by atoms with E-state index in [0.29, 0.717) is 0 Å². The molecular formula is C52H37N. The minimum absolute atomic E-state index is 1.11. The van der Waals surface area contributed by atoms with Gasteiger partial charge in [-0.1, -0.05) is 182 Å². The molecule has 0 aliphatic carbocycles. The third-order valence-corrected chi connectivity index (χ3v) is 10.1. The summed E-state index contributed by atoms with van der Waals surface area (Å²) in [6.45, 7) is 0. The molecule has 1 nitrogen and oxygen atoms in total. The highest BCUT2D eigenvalue weighted by Crippen LogP contribution is 2.40. The van der Waals surface area contributed by atoms with Crippen LogP contribution in [0.15, 0.2) is 224 Å². The Balaban J connectivity index is 1.07. The van der Waals surface area contributed by atoms with Gasteiger partial charge in [-0.05, 0) is 109 Å². The van der Waals surface area contributed by atoms with Crippen molar-refractivity contribution < 1.29 is 0 Å². The van der Waals surface area contributed by atoms with Gasteiger partial charge in [-0.3, -0.25) is 0 Å². The van der Waals surface area contributed by atoms with Crippen LogP contribution in [0.1, 0.15) is 0 Å². The molecule has 53 heavy (non-hydrogen) atoms. The number of nitrogens with zero attached hydrogens (tertiary/aromatic N) is 1. The van der Waals surface area contributed by atoms with E-state index in [1.54, 1.807) is 0 Å². The van der Waals surface area contributed by atoms with Crippen LogP contribution in [0.4, 0.5) is 17.1 Å². The predicted molar refractivity (Wildman–Crippen MR) is 226 cm³/mol. The van der Waals surface area contributed by atoms with Crippen LogP contribution in [0.5, 0.6) is 0 Å². The van der Waals surface area contributed by atoms with Crippen LogP contribution in [0, 0.1) is 0 Å². The number of benzene rings is 9. The van der Waals surface area contributed by atoms with E-state index in [9.17, 15) is 0 Å². The van der Waals surface area contributed by atoms with Crippen LogP contribution in [0.2, 0.25) is 0 Å². The van der Waals surface area contributed by atoms with Crippen LogP contribution in [0.3, 0.4) is 0 Å². The smallest absolute Gasteiger partial charge is 0.0462 e. The predicted octanol–water partition coefficient (Wildman–Crippen LogP) is 14.6. The summed E-state index contributed by atoms with van der Waals surface area (Å²) < 4.78 is 0. The van der Waals surface area contributed by atoms with E-state index in [1.165, 1.54) is 66.4 Å². The van der Waals surface area contributed by atoms with Crippen LogP contribution in [-0.4, -0.2) is 0 Å². The van der Waals surface area contributed by atoms with Crippen molar-refractivity contribution in [2.75, 3.05) is 4.90 Å². The Kier molecular flexibility index (Phi) is 8.66. The number of hydrogen-bond acceptors (Lipinski definition) is 1. The molecule has 250 valence electrons. The molecule has 0 bridgehead atoms. The normalized spacial score (nSPS) is 11.0. The molecule has 9 aromatic rings. The fourth-order valence-corrected chi connectivity index (χ4v) is 7.40. The first kappa shape index (κ1) is 32.0. The lowest BCUT2D eigenvalue weighted by Gasteiger charge is -2.26. The molecule has 0 fully saturated rings. The van der Waals surface area contributed by atoms with E-state index in [2.05, 4.69) is 229 Å². The molecule has 0 amide bonds. The van der Waals surface area contributed by atoms with Gasteiger partial charge in [-0.2, -0.15) is 0 Å². The number of anilines is 3. The molecule has 0 saturated heterocycles. The largest absolute Gasteiger partial charge is 0.311 e. The zero-order chi connectivity index (χ0) is 35.4. The molecule has 0 aliphatic heterocycles. The maximum absolute atomic E-state index is 2.34. The van der Waals surface area contributed by atoms with Crippen LogP contribution in [0.25, 0.3) is 66.4 Å². The molecule has 0 N–H and O–H groups in total. The highest BCUT2D eigenvalue weighted by Gasteiger charge is 2.15. The Labute approximate surface area is 311 Å². The van der Waals surface area contributed by atoms with Crippen molar-refractivity contribution in [2.24, 2.45) is 0 Å². The fourth-order valence-electron chi connectivity index (χ4n) is 7.40. The van der Waals surface area contributed by atoms with E-state index >= 15 is 0 Å². The second kappa shape index (κ2) is 14.3. The van der Waals surface area contributed by atoms with Crippen LogP contribution < -0.4 is 4.90 Å². The van der Waals surface area contributed by atoms with Crippen molar-refractivity contribution >= 4 is 27.8 Å². The van der Waals surface area contributed by atoms with Gasteiger partial charge < -0.3 is 4.90 Å². The molecule has 0 radical (unpaired) electrons. The summed E-state index contributed by atoms with van der Waals surface area (Å²) in [6.07, 6.45) is 0. The standard InChI is InChI=1S/C52H37N/c1-4-13-38(14-5-1)39-23-25-44(26-24-39)52-37-45(31-36-51(52)41-15-6-2-7-16-41)40-27-32-47(33-28-40)53(46-19-8-3-9-20-46)48-34-29-43(30-35-48)50-22-12-18-42-17-10-11-21-49(42)50/h1-37H. The van der Waals surface area contributed by atoms with Crippen molar-refractivity contribution in [3.05, 3.63) is 224 Å². The summed E-state index contributed by atoms with van der Waals surface area (Å²) in [7, 11) is 0. The van der Waals surface area contributed by atoms with Crippen molar-refractivity contribution in [3.63, 3.8) is 0 Å². The highest BCUT2D eigenvalue weighted by molar-refractivity contribution is 5.97. The Morgan fingerprint density at radius 1 is 0.226 bits per heavy atom. The minimum atomic E-state index is 1.11. The van der Waals surface area contributed by atoms with Crippen LogP contribution >= 0.6 is 0 Å². The fraction of sp³-hybridized carbons (Fsp3) is 0. The van der Waals surface area contributed by atoms with Crippen molar-refractivity contribution in [2.45, 2.75) is 0 Å². The average Bonchev–Trinajstić information content (AvgIpc) is 3.25. The van der Waals surface area contributed by atoms with E-state index in [1.807, 2.05) is 0 Å². The molecule has 0 heterocycles. The van der Waals surface area contributed by atoms with Gasteiger partial charge in [0.05, 0.1) is 0 Å². The molecule has 0 saturated carbocycles. The minimum Gasteiger partial charge on any atom is -0.311 e. The Bertz CT molecular complexity index is 2600. The lowest BCUT2D eigenvalue weighted by molar-refractivity contribution is 1.28. The zero-order valence-corrected chi connectivity index (χ0v) is 29.3. The second-order valence-corrected chi connectivity index (χ2v) is 13.4. The maximum atomic E-state index is 2.34. The number of rotatable bonds is 8. The topological polar surface area (TPSA) is 3.24 Å². The van der Waals surface area contributed by atoms with Crippen molar-refractivity contribution in [1.29, 1.82) is 0 Å². The lowest BCUT2D eigenvalue weighted by atomic mass is 9.90. The molecule has 9 aromatic carbocycles. The van der Waals surface area contributed by atoms with E-state index in [-0.39, 0.29) is 0 Å². The zero-order valence-electron chi connectivity index (χ0n) is 29.3. The van der Waals surface area contributed by atoms with Crippen molar-refractivity contribution in [3.8, 4) is 55.6 Å². The average molecular weight is 676 g/mol. The van der Waals surface area contributed by atoms with Crippen LogP contribution in [-0.2, 0) is 0 Å². The number of fused-ring (bicyclic) bond motifs is 1. The molecule has 0 spiro atoms. The number of para-hydroxylation sites is 1. The first-order chi connectivity index (χ1) is 26.3. The molecule has 9 rings (SSSR count). The summed E-state index contributed by atoms with van der Waals surface area (Å²) in [6, 6.07) is 80.7. The van der Waals surface area contributed by atoms with Gasteiger partial charge in [0.15, 0.2) is 0 Å². The first-order valence-electron chi connectivity index (χ1n) is 18.2. The summed E-state index contributed by atoms with van der Waals surface area (Å²) in [5, 5.41) is 2.52. The molecular weight excluding hydrogens is 639 g/mol. The summed E-state index contributed by atoms with van der Waals surface area (Å²) in [5.74, 6) is 0. The van der Waals surface area contributed by atoms with E-state index in [0.717, 1.165) is 17.1 Å². The van der Waals surface area contributed by atoms with Gasteiger partial charge in [0, 0.05) is 17.1 Å². The second-order valence-electron chi connectivity index (χ2n) is 13.4. The van der Waals surface area contributed by atoms with Gasteiger partial charge in [0.2, 0.25) is 0 Å². The van der Waals surface area contributed by atoms with Gasteiger partial charge in [-0.25, -0.2) is 0 Å². The first-order valence-corrected chi connectivity index (χ1v) is 18.2. The molecule has 0 atom stereocenters. The quantitative estimate of drug-likeness (QED) is 0.155.